The van der Waals surface area contributed by atoms with Crippen LogP contribution in [0.3, 0.4) is 0 Å². The number of hydrogen-bond donors (Lipinski definition) is 1. The minimum atomic E-state index is 0.607. The van der Waals surface area contributed by atoms with Gasteiger partial charge in [-0.1, -0.05) is 19.3 Å². The molecule has 1 heterocycles. The van der Waals surface area contributed by atoms with E-state index in [1.165, 1.54) is 89.1 Å². The van der Waals surface area contributed by atoms with Crippen molar-refractivity contribution in [2.45, 2.75) is 57.4 Å². The van der Waals surface area contributed by atoms with Gasteiger partial charge < -0.3 is 10.2 Å². The lowest BCUT2D eigenvalue weighted by Crippen LogP contribution is -2.46. The van der Waals surface area contributed by atoms with Crippen LogP contribution in [-0.2, 0) is 0 Å². The van der Waals surface area contributed by atoms with Crippen LogP contribution >= 0.6 is 11.8 Å². The molecular formula is C16H30N2S. The van der Waals surface area contributed by atoms with Gasteiger partial charge in [0.15, 0.2) is 0 Å². The standard InChI is InChI=1S/C16H30N2S/c1-2-7-16(8-3-1,13-17-15-5-6-15)14-18-9-4-11-19-12-10-18/h15,17H,1-14H2. The highest BCUT2D eigenvalue weighted by Crippen LogP contribution is 2.37. The monoisotopic (exact) mass is 282 g/mol. The number of thioether (sulfide) groups is 1. The number of rotatable bonds is 5. The Morgan fingerprint density at radius 1 is 1.00 bits per heavy atom. The van der Waals surface area contributed by atoms with Gasteiger partial charge in [-0.15, -0.1) is 0 Å². The molecule has 0 spiro atoms. The Balaban J connectivity index is 1.56. The predicted molar refractivity (Wildman–Crippen MR) is 84.9 cm³/mol. The van der Waals surface area contributed by atoms with E-state index in [1.54, 1.807) is 0 Å². The zero-order valence-corrected chi connectivity index (χ0v) is 13.1. The molecule has 3 fully saturated rings. The van der Waals surface area contributed by atoms with E-state index in [4.69, 9.17) is 0 Å². The minimum Gasteiger partial charge on any atom is -0.313 e. The summed E-state index contributed by atoms with van der Waals surface area (Å²) in [6.07, 6.45) is 11.6. The van der Waals surface area contributed by atoms with Gasteiger partial charge in [-0.25, -0.2) is 0 Å². The quantitative estimate of drug-likeness (QED) is 0.834. The fourth-order valence-corrected chi connectivity index (χ4v) is 4.70. The molecule has 0 unspecified atom stereocenters. The lowest BCUT2D eigenvalue weighted by molar-refractivity contribution is 0.106. The van der Waals surface area contributed by atoms with Crippen LogP contribution in [0.15, 0.2) is 0 Å². The first-order valence-corrected chi connectivity index (χ1v) is 9.55. The van der Waals surface area contributed by atoms with Crippen molar-refractivity contribution in [2.75, 3.05) is 37.7 Å². The molecule has 0 aromatic carbocycles. The van der Waals surface area contributed by atoms with Gasteiger partial charge in [0.05, 0.1) is 0 Å². The molecule has 1 aliphatic heterocycles. The van der Waals surface area contributed by atoms with Crippen LogP contribution in [0, 0.1) is 5.41 Å². The molecule has 0 amide bonds. The van der Waals surface area contributed by atoms with Crippen molar-refractivity contribution in [1.29, 1.82) is 0 Å². The Kier molecular flexibility index (Phi) is 5.10. The van der Waals surface area contributed by atoms with Crippen LogP contribution in [0.4, 0.5) is 0 Å². The van der Waals surface area contributed by atoms with Crippen molar-refractivity contribution >= 4 is 11.8 Å². The van der Waals surface area contributed by atoms with Crippen LogP contribution in [0.25, 0.3) is 0 Å². The molecule has 2 nitrogen and oxygen atoms in total. The van der Waals surface area contributed by atoms with Gasteiger partial charge in [0.1, 0.15) is 0 Å². The molecule has 0 radical (unpaired) electrons. The zero-order chi connectivity index (χ0) is 13.0. The van der Waals surface area contributed by atoms with E-state index in [2.05, 4.69) is 22.0 Å². The Bertz CT molecular complexity index is 264. The summed E-state index contributed by atoms with van der Waals surface area (Å²) in [7, 11) is 0. The minimum absolute atomic E-state index is 0.607. The number of hydrogen-bond acceptors (Lipinski definition) is 3. The Morgan fingerprint density at radius 2 is 1.84 bits per heavy atom. The normalized spacial score (nSPS) is 29.1. The summed E-state index contributed by atoms with van der Waals surface area (Å²) in [4.78, 5) is 2.78. The molecule has 1 N–H and O–H groups in total. The van der Waals surface area contributed by atoms with Gasteiger partial charge in [-0.3, -0.25) is 0 Å². The third-order valence-corrected chi connectivity index (χ3v) is 6.18. The topological polar surface area (TPSA) is 15.3 Å². The van der Waals surface area contributed by atoms with Gasteiger partial charge in [-0.2, -0.15) is 11.8 Å². The van der Waals surface area contributed by atoms with Crippen LogP contribution in [0.2, 0.25) is 0 Å². The van der Waals surface area contributed by atoms with Crippen LogP contribution in [0.1, 0.15) is 51.4 Å². The van der Waals surface area contributed by atoms with Gasteiger partial charge in [0, 0.05) is 31.4 Å². The van der Waals surface area contributed by atoms with Crippen molar-refractivity contribution in [3.8, 4) is 0 Å². The molecular weight excluding hydrogens is 252 g/mol. The van der Waals surface area contributed by atoms with Crippen molar-refractivity contribution < 1.29 is 0 Å². The van der Waals surface area contributed by atoms with E-state index in [1.807, 2.05) is 0 Å². The molecule has 0 aromatic heterocycles. The maximum absolute atomic E-state index is 3.84. The summed E-state index contributed by atoms with van der Waals surface area (Å²) in [6.45, 7) is 5.34. The van der Waals surface area contributed by atoms with E-state index in [0.717, 1.165) is 6.04 Å². The Hall–Kier alpha value is 0.270. The maximum Gasteiger partial charge on any atom is 0.00726 e. The second-order valence-electron chi connectivity index (χ2n) is 6.96. The predicted octanol–water partition coefficient (Wildman–Crippen LogP) is 3.13. The molecule has 1 saturated heterocycles. The first-order valence-electron chi connectivity index (χ1n) is 8.40. The Morgan fingerprint density at radius 3 is 2.63 bits per heavy atom. The van der Waals surface area contributed by atoms with Gasteiger partial charge in [0.25, 0.3) is 0 Å². The van der Waals surface area contributed by atoms with Gasteiger partial charge in [-0.05, 0) is 49.8 Å². The molecule has 19 heavy (non-hydrogen) atoms. The van der Waals surface area contributed by atoms with Gasteiger partial charge in [0.2, 0.25) is 0 Å². The Labute approximate surface area is 123 Å². The van der Waals surface area contributed by atoms with E-state index in [0.29, 0.717) is 5.41 Å². The molecule has 0 aromatic rings. The van der Waals surface area contributed by atoms with Crippen molar-refractivity contribution in [1.82, 2.24) is 10.2 Å². The zero-order valence-electron chi connectivity index (χ0n) is 12.3. The second-order valence-corrected chi connectivity index (χ2v) is 8.18. The molecule has 110 valence electrons. The fourth-order valence-electron chi connectivity index (χ4n) is 3.77. The lowest BCUT2D eigenvalue weighted by Gasteiger charge is -2.41. The number of nitrogens with one attached hydrogen (secondary N) is 1. The average Bonchev–Trinajstić information content (AvgIpc) is 3.26. The van der Waals surface area contributed by atoms with Crippen molar-refractivity contribution in [3.63, 3.8) is 0 Å². The van der Waals surface area contributed by atoms with Crippen molar-refractivity contribution in [2.24, 2.45) is 5.41 Å². The van der Waals surface area contributed by atoms with Crippen LogP contribution in [-0.4, -0.2) is 48.6 Å². The summed E-state index contributed by atoms with van der Waals surface area (Å²) < 4.78 is 0. The summed E-state index contributed by atoms with van der Waals surface area (Å²) in [5, 5.41) is 3.84. The SMILES string of the molecule is C1CCC(CNC2CC2)(CN2CCCSCC2)CC1. The average molecular weight is 282 g/mol. The maximum atomic E-state index is 3.84. The fraction of sp³-hybridized carbons (Fsp3) is 1.00. The summed E-state index contributed by atoms with van der Waals surface area (Å²) >= 11 is 2.15. The second kappa shape index (κ2) is 6.82. The molecule has 0 atom stereocenters. The summed E-state index contributed by atoms with van der Waals surface area (Å²) in [5.74, 6) is 2.73. The summed E-state index contributed by atoms with van der Waals surface area (Å²) in [5.41, 5.74) is 0.607. The molecule has 3 rings (SSSR count). The largest absolute Gasteiger partial charge is 0.313 e. The third kappa shape index (κ3) is 4.37. The van der Waals surface area contributed by atoms with Crippen LogP contribution < -0.4 is 5.32 Å². The van der Waals surface area contributed by atoms with Gasteiger partial charge >= 0.3 is 0 Å². The van der Waals surface area contributed by atoms with E-state index < -0.39 is 0 Å². The van der Waals surface area contributed by atoms with E-state index >= 15 is 0 Å². The highest BCUT2D eigenvalue weighted by molar-refractivity contribution is 7.99. The molecule has 3 aliphatic rings. The molecule has 2 saturated carbocycles. The number of nitrogens with zero attached hydrogens (tertiary/aromatic N) is 1. The molecule has 0 bridgehead atoms. The first-order chi connectivity index (χ1) is 9.36. The molecule has 2 aliphatic carbocycles. The van der Waals surface area contributed by atoms with Crippen molar-refractivity contribution in [3.05, 3.63) is 0 Å². The third-order valence-electron chi connectivity index (χ3n) is 5.13. The first kappa shape index (κ1) is 14.2. The van der Waals surface area contributed by atoms with E-state index in [-0.39, 0.29) is 0 Å². The van der Waals surface area contributed by atoms with E-state index in [9.17, 15) is 0 Å². The van der Waals surface area contributed by atoms with Crippen LogP contribution in [0.5, 0.6) is 0 Å². The highest BCUT2D eigenvalue weighted by Gasteiger charge is 2.35. The highest BCUT2D eigenvalue weighted by atomic mass is 32.2. The molecule has 3 heteroatoms. The smallest absolute Gasteiger partial charge is 0.00726 e. The lowest BCUT2D eigenvalue weighted by atomic mass is 9.73. The summed E-state index contributed by atoms with van der Waals surface area (Å²) in [6, 6.07) is 0.874.